The Morgan fingerprint density at radius 1 is 1.22 bits per heavy atom. The Labute approximate surface area is 107 Å². The van der Waals surface area contributed by atoms with Crippen LogP contribution in [-0.2, 0) is 9.59 Å². The fraction of sp³-hybridized carbons (Fsp3) is 0.727. The molecule has 7 nitrogen and oxygen atoms in total. The van der Waals surface area contributed by atoms with Gasteiger partial charge in [-0.15, -0.1) is 0 Å². The van der Waals surface area contributed by atoms with Gasteiger partial charge >= 0.3 is 12.0 Å². The van der Waals surface area contributed by atoms with E-state index in [4.69, 9.17) is 5.11 Å². The molecule has 0 aromatic heterocycles. The summed E-state index contributed by atoms with van der Waals surface area (Å²) in [6.07, 6.45) is 0.988. The van der Waals surface area contributed by atoms with Crippen molar-refractivity contribution in [3.63, 3.8) is 0 Å². The van der Waals surface area contributed by atoms with Gasteiger partial charge in [0.2, 0.25) is 5.91 Å². The summed E-state index contributed by atoms with van der Waals surface area (Å²) in [7, 11) is 3.16. The van der Waals surface area contributed by atoms with Crippen LogP contribution in [0.3, 0.4) is 0 Å². The van der Waals surface area contributed by atoms with E-state index in [9.17, 15) is 14.4 Å². The zero-order chi connectivity index (χ0) is 14.3. The van der Waals surface area contributed by atoms with Crippen LogP contribution in [-0.4, -0.2) is 54.1 Å². The molecule has 0 fully saturated rings. The van der Waals surface area contributed by atoms with Crippen molar-refractivity contribution >= 4 is 17.9 Å². The van der Waals surface area contributed by atoms with Crippen molar-refractivity contribution in [1.82, 2.24) is 15.5 Å². The van der Waals surface area contributed by atoms with E-state index in [-0.39, 0.29) is 5.91 Å². The van der Waals surface area contributed by atoms with Crippen LogP contribution in [0.2, 0.25) is 0 Å². The summed E-state index contributed by atoms with van der Waals surface area (Å²) in [4.78, 5) is 35.2. The van der Waals surface area contributed by atoms with E-state index in [0.29, 0.717) is 12.8 Å². The van der Waals surface area contributed by atoms with E-state index in [2.05, 4.69) is 10.6 Å². The molecule has 18 heavy (non-hydrogen) atoms. The molecule has 2 atom stereocenters. The molecule has 0 aromatic rings. The zero-order valence-electron chi connectivity index (χ0n) is 11.2. The highest BCUT2D eigenvalue weighted by Crippen LogP contribution is 1.97. The smallest absolute Gasteiger partial charge is 0.326 e. The number of carboxylic acid groups (broad SMARTS) is 1. The van der Waals surface area contributed by atoms with Crippen molar-refractivity contribution in [2.75, 3.05) is 14.1 Å². The van der Waals surface area contributed by atoms with E-state index in [0.717, 1.165) is 0 Å². The number of likely N-dealkylation sites (N-methyl/N-ethyl adjacent to an activating group) is 1. The van der Waals surface area contributed by atoms with Crippen molar-refractivity contribution in [3.05, 3.63) is 0 Å². The average molecular weight is 259 g/mol. The van der Waals surface area contributed by atoms with Crippen molar-refractivity contribution in [3.8, 4) is 0 Å². The Balaban J connectivity index is 4.32. The fourth-order valence-electron chi connectivity index (χ4n) is 1.39. The van der Waals surface area contributed by atoms with Crippen LogP contribution in [0.15, 0.2) is 0 Å². The number of carbonyl (C=O) groups is 3. The topological polar surface area (TPSA) is 98.7 Å². The largest absolute Gasteiger partial charge is 0.480 e. The van der Waals surface area contributed by atoms with Gasteiger partial charge in [0, 0.05) is 14.1 Å². The number of nitrogens with one attached hydrogen (secondary N) is 2. The maximum Gasteiger partial charge on any atom is 0.326 e. The molecule has 0 rings (SSSR count). The lowest BCUT2D eigenvalue weighted by atomic mass is 10.2. The van der Waals surface area contributed by atoms with E-state index >= 15 is 0 Å². The molecule has 0 aliphatic rings. The van der Waals surface area contributed by atoms with Gasteiger partial charge in [-0.05, 0) is 13.3 Å². The minimum atomic E-state index is -1.08. The molecule has 0 spiro atoms. The summed E-state index contributed by atoms with van der Waals surface area (Å²) in [5.41, 5.74) is 0. The molecule has 0 radical (unpaired) electrons. The maximum absolute atomic E-state index is 11.5. The Bertz CT molecular complexity index is 317. The van der Waals surface area contributed by atoms with Crippen molar-refractivity contribution in [1.29, 1.82) is 0 Å². The third-order valence-corrected chi connectivity index (χ3v) is 2.34. The van der Waals surface area contributed by atoms with Crippen LogP contribution in [0.25, 0.3) is 0 Å². The molecule has 104 valence electrons. The second-order valence-electron chi connectivity index (χ2n) is 4.25. The van der Waals surface area contributed by atoms with Crippen molar-refractivity contribution < 1.29 is 19.5 Å². The Kier molecular flexibility index (Phi) is 6.77. The Morgan fingerprint density at radius 3 is 2.17 bits per heavy atom. The highest BCUT2D eigenvalue weighted by molar-refractivity contribution is 5.88. The van der Waals surface area contributed by atoms with Gasteiger partial charge in [0.25, 0.3) is 0 Å². The number of aliphatic carboxylic acids is 1. The average Bonchev–Trinajstić information content (AvgIpc) is 2.26. The summed E-state index contributed by atoms with van der Waals surface area (Å²) in [5.74, 6) is -1.34. The molecule has 0 heterocycles. The molecule has 0 saturated carbocycles. The second-order valence-corrected chi connectivity index (χ2v) is 4.25. The van der Waals surface area contributed by atoms with Crippen LogP contribution in [0.5, 0.6) is 0 Å². The van der Waals surface area contributed by atoms with Gasteiger partial charge in [0.1, 0.15) is 12.1 Å². The lowest BCUT2D eigenvalue weighted by Gasteiger charge is -2.20. The SMILES string of the molecule is CCCC(NC(=O)NC(C)C(=O)N(C)C)C(=O)O. The second kappa shape index (κ2) is 7.52. The van der Waals surface area contributed by atoms with Gasteiger partial charge in [-0.3, -0.25) is 4.79 Å². The number of amides is 3. The summed E-state index contributed by atoms with van der Waals surface area (Å²) in [6.45, 7) is 3.37. The molecule has 0 aliphatic carbocycles. The molecular formula is C11H21N3O4. The lowest BCUT2D eigenvalue weighted by molar-refractivity contribution is -0.139. The predicted octanol–water partition coefficient (Wildman–Crippen LogP) is 0.0156. The molecule has 3 N–H and O–H groups in total. The number of carboxylic acids is 1. The molecular weight excluding hydrogens is 238 g/mol. The van der Waals surface area contributed by atoms with Gasteiger partial charge in [-0.25, -0.2) is 9.59 Å². The molecule has 2 unspecified atom stereocenters. The third kappa shape index (κ3) is 5.51. The van der Waals surface area contributed by atoms with E-state index in [1.165, 1.54) is 11.8 Å². The Morgan fingerprint density at radius 2 is 1.78 bits per heavy atom. The first-order chi connectivity index (χ1) is 8.29. The molecule has 3 amide bonds. The van der Waals surface area contributed by atoms with Crippen LogP contribution < -0.4 is 10.6 Å². The lowest BCUT2D eigenvalue weighted by Crippen LogP contribution is -2.52. The highest BCUT2D eigenvalue weighted by Gasteiger charge is 2.22. The van der Waals surface area contributed by atoms with Gasteiger partial charge in [0.05, 0.1) is 0 Å². The number of hydrogen-bond acceptors (Lipinski definition) is 3. The van der Waals surface area contributed by atoms with E-state index in [1.54, 1.807) is 14.1 Å². The number of carbonyl (C=O) groups excluding carboxylic acids is 2. The first kappa shape index (κ1) is 16.2. The van der Waals surface area contributed by atoms with Gasteiger partial charge in [-0.2, -0.15) is 0 Å². The molecule has 7 heteroatoms. The first-order valence-corrected chi connectivity index (χ1v) is 5.80. The summed E-state index contributed by atoms with van der Waals surface area (Å²) < 4.78 is 0. The summed E-state index contributed by atoms with van der Waals surface area (Å²) in [5, 5.41) is 13.6. The van der Waals surface area contributed by atoms with Crippen molar-refractivity contribution in [2.24, 2.45) is 0 Å². The fourth-order valence-corrected chi connectivity index (χ4v) is 1.39. The normalized spacial score (nSPS) is 13.3. The molecule has 0 aromatic carbocycles. The minimum absolute atomic E-state index is 0.257. The number of nitrogens with zero attached hydrogens (tertiary/aromatic N) is 1. The van der Waals surface area contributed by atoms with E-state index < -0.39 is 24.1 Å². The van der Waals surface area contributed by atoms with Gasteiger partial charge in [0.15, 0.2) is 0 Å². The van der Waals surface area contributed by atoms with Crippen molar-refractivity contribution in [2.45, 2.75) is 38.8 Å². The van der Waals surface area contributed by atoms with Gasteiger partial charge in [-0.1, -0.05) is 13.3 Å². The third-order valence-electron chi connectivity index (χ3n) is 2.34. The monoisotopic (exact) mass is 259 g/mol. The standard InChI is InChI=1S/C11H21N3O4/c1-5-6-8(10(16)17)13-11(18)12-7(2)9(15)14(3)4/h7-8H,5-6H2,1-4H3,(H,16,17)(H2,12,13,18). The molecule has 0 bridgehead atoms. The first-order valence-electron chi connectivity index (χ1n) is 5.80. The van der Waals surface area contributed by atoms with Crippen LogP contribution in [0.1, 0.15) is 26.7 Å². The highest BCUT2D eigenvalue weighted by atomic mass is 16.4. The van der Waals surface area contributed by atoms with Crippen LogP contribution in [0.4, 0.5) is 4.79 Å². The zero-order valence-corrected chi connectivity index (χ0v) is 11.2. The number of urea groups is 1. The van der Waals surface area contributed by atoms with E-state index in [1.807, 2.05) is 6.92 Å². The molecule has 0 aliphatic heterocycles. The summed E-state index contributed by atoms with van der Waals surface area (Å²) in [6, 6.07) is -2.29. The minimum Gasteiger partial charge on any atom is -0.480 e. The Hall–Kier alpha value is -1.79. The number of rotatable bonds is 6. The maximum atomic E-state index is 11.5. The van der Waals surface area contributed by atoms with Gasteiger partial charge < -0.3 is 20.6 Å². The predicted molar refractivity (Wildman–Crippen MR) is 66.2 cm³/mol. The number of hydrogen-bond donors (Lipinski definition) is 3. The quantitative estimate of drug-likeness (QED) is 0.626. The molecule has 0 saturated heterocycles. The van der Waals surface area contributed by atoms with Crippen LogP contribution >= 0.6 is 0 Å². The van der Waals surface area contributed by atoms with Crippen LogP contribution in [0, 0.1) is 0 Å². The summed E-state index contributed by atoms with van der Waals surface area (Å²) >= 11 is 0.